The largest absolute Gasteiger partial charge is 0.550 e. The van der Waals surface area contributed by atoms with Gasteiger partial charge in [-0.05, 0) is 24.7 Å². The highest BCUT2D eigenvalue weighted by molar-refractivity contribution is 6.00. The molecule has 0 aliphatic heterocycles. The summed E-state index contributed by atoms with van der Waals surface area (Å²) < 4.78 is 0. The highest BCUT2D eigenvalue weighted by atomic mass is 16.4. The van der Waals surface area contributed by atoms with Gasteiger partial charge in [0.2, 0.25) is 0 Å². The number of rotatable bonds is 1. The lowest BCUT2D eigenvalue weighted by Crippen LogP contribution is -2.47. The summed E-state index contributed by atoms with van der Waals surface area (Å²) in [7, 11) is 0. The molecule has 84 valence electrons. The van der Waals surface area contributed by atoms with Crippen molar-refractivity contribution < 1.29 is 9.90 Å². The first-order valence-electron chi connectivity index (χ1n) is 5.30. The van der Waals surface area contributed by atoms with Gasteiger partial charge in [-0.25, -0.2) is 0 Å². The van der Waals surface area contributed by atoms with E-state index in [0.29, 0.717) is 12.8 Å². The lowest BCUT2D eigenvalue weighted by molar-refractivity contribution is -0.323. The molecule has 2 N–H and O–H groups in total. The first kappa shape index (κ1) is 10.5. The van der Waals surface area contributed by atoms with E-state index in [9.17, 15) is 9.90 Å². The fourth-order valence-corrected chi connectivity index (χ4v) is 3.53. The highest BCUT2D eigenvalue weighted by Crippen LogP contribution is 2.70. The minimum atomic E-state index is -0.949. The van der Waals surface area contributed by atoms with Crippen molar-refractivity contribution in [3.63, 3.8) is 0 Å². The van der Waals surface area contributed by atoms with Crippen LogP contribution in [0.4, 0.5) is 0 Å². The second kappa shape index (κ2) is 2.54. The van der Waals surface area contributed by atoms with Gasteiger partial charge in [0.25, 0.3) is 0 Å². The van der Waals surface area contributed by atoms with Gasteiger partial charge in [-0.3, -0.25) is 0 Å². The summed E-state index contributed by atoms with van der Waals surface area (Å²) in [6.45, 7) is 6.05. The molecular formula is C11H17N2O2-. The lowest BCUT2D eigenvalue weighted by Gasteiger charge is -2.41. The van der Waals surface area contributed by atoms with E-state index in [4.69, 9.17) is 5.84 Å². The van der Waals surface area contributed by atoms with Gasteiger partial charge in [-0.1, -0.05) is 20.8 Å². The minimum Gasteiger partial charge on any atom is -0.550 e. The number of carboxylic acids is 1. The summed E-state index contributed by atoms with van der Waals surface area (Å²) in [5, 5.41) is 15.2. The molecule has 2 atom stereocenters. The highest BCUT2D eigenvalue weighted by Gasteiger charge is 2.69. The molecule has 0 heterocycles. The summed E-state index contributed by atoms with van der Waals surface area (Å²) in [5.41, 5.74) is -0.429. The summed E-state index contributed by atoms with van der Waals surface area (Å²) in [6, 6.07) is 0. The van der Waals surface area contributed by atoms with Crippen LogP contribution < -0.4 is 10.9 Å². The van der Waals surface area contributed by atoms with E-state index in [1.165, 1.54) is 0 Å². The normalized spacial score (nSPS) is 44.9. The van der Waals surface area contributed by atoms with Gasteiger partial charge in [-0.2, -0.15) is 5.10 Å². The fourth-order valence-electron chi connectivity index (χ4n) is 3.53. The van der Waals surface area contributed by atoms with Gasteiger partial charge in [0, 0.05) is 22.5 Å². The number of carboxylic acid groups (broad SMARTS) is 1. The molecule has 2 aliphatic carbocycles. The van der Waals surface area contributed by atoms with E-state index < -0.39 is 11.4 Å². The molecule has 0 spiro atoms. The van der Waals surface area contributed by atoms with Crippen LogP contribution in [0.3, 0.4) is 0 Å². The van der Waals surface area contributed by atoms with Crippen molar-refractivity contribution in [3.8, 4) is 0 Å². The molecule has 15 heavy (non-hydrogen) atoms. The Bertz CT molecular complexity index is 362. The first-order valence-corrected chi connectivity index (χ1v) is 5.30. The van der Waals surface area contributed by atoms with E-state index in [0.717, 1.165) is 12.1 Å². The van der Waals surface area contributed by atoms with E-state index >= 15 is 0 Å². The third-order valence-electron chi connectivity index (χ3n) is 5.28. The number of nitrogens with zero attached hydrogens (tertiary/aromatic N) is 1. The Morgan fingerprint density at radius 1 is 1.40 bits per heavy atom. The maximum atomic E-state index is 11.4. The molecule has 0 aromatic carbocycles. The Labute approximate surface area is 89.5 Å². The van der Waals surface area contributed by atoms with Crippen LogP contribution in [0.5, 0.6) is 0 Å². The second-order valence-corrected chi connectivity index (χ2v) is 5.58. The second-order valence-electron chi connectivity index (χ2n) is 5.58. The van der Waals surface area contributed by atoms with Crippen molar-refractivity contribution in [1.82, 2.24) is 0 Å². The summed E-state index contributed by atoms with van der Waals surface area (Å²) >= 11 is 0. The Hall–Kier alpha value is -1.06. The van der Waals surface area contributed by atoms with E-state index in [2.05, 4.69) is 12.0 Å². The van der Waals surface area contributed by atoms with Crippen LogP contribution in [0.1, 0.15) is 40.0 Å². The van der Waals surface area contributed by atoms with Gasteiger partial charge in [0.15, 0.2) is 0 Å². The van der Waals surface area contributed by atoms with Crippen molar-refractivity contribution in [2.75, 3.05) is 0 Å². The third kappa shape index (κ3) is 0.840. The zero-order valence-corrected chi connectivity index (χ0v) is 9.46. The maximum absolute atomic E-state index is 11.4. The van der Waals surface area contributed by atoms with Crippen LogP contribution in [-0.2, 0) is 4.79 Å². The number of carbonyl (C=O) groups is 1. The Balaban J connectivity index is 2.61. The Kier molecular flexibility index (Phi) is 1.77. The van der Waals surface area contributed by atoms with Crippen molar-refractivity contribution in [2.24, 2.45) is 27.2 Å². The lowest BCUT2D eigenvalue weighted by atomic mass is 9.65. The fraction of sp³-hybridized carbons (Fsp3) is 0.818. The predicted octanol–water partition coefficient (Wildman–Crippen LogP) is 0.267. The number of aliphatic carboxylic acids is 1. The minimum absolute atomic E-state index is 0.179. The third-order valence-corrected chi connectivity index (χ3v) is 5.28. The molecule has 2 aliphatic rings. The summed E-state index contributed by atoms with van der Waals surface area (Å²) in [6.07, 6.45) is 1.97. The van der Waals surface area contributed by atoms with E-state index in [-0.39, 0.29) is 10.8 Å². The smallest absolute Gasteiger partial charge is 0.0485 e. The van der Waals surface area contributed by atoms with Gasteiger partial charge in [0.05, 0.1) is 0 Å². The molecule has 0 amide bonds. The van der Waals surface area contributed by atoms with Crippen LogP contribution >= 0.6 is 0 Å². The SMILES string of the molecule is CC1(C)[C@@]2(C(=O)[O-])CC[C@@]1(C)/C(=N/N)C2. The number of hydrazone groups is 1. The summed E-state index contributed by atoms with van der Waals surface area (Å²) in [5.74, 6) is 4.41. The molecule has 0 aromatic heterocycles. The average molecular weight is 209 g/mol. The molecule has 0 saturated heterocycles. The van der Waals surface area contributed by atoms with E-state index in [1.807, 2.05) is 13.8 Å². The van der Waals surface area contributed by atoms with Crippen LogP contribution in [0, 0.1) is 16.2 Å². The molecule has 4 nitrogen and oxygen atoms in total. The zero-order valence-electron chi connectivity index (χ0n) is 9.46. The van der Waals surface area contributed by atoms with Crippen LogP contribution in [0.25, 0.3) is 0 Å². The zero-order chi connectivity index (χ0) is 11.5. The topological polar surface area (TPSA) is 78.5 Å². The Morgan fingerprint density at radius 3 is 2.33 bits per heavy atom. The van der Waals surface area contributed by atoms with Gasteiger partial charge in [-0.15, -0.1) is 0 Å². The molecule has 4 heteroatoms. The van der Waals surface area contributed by atoms with Crippen molar-refractivity contribution in [1.29, 1.82) is 0 Å². The first-order chi connectivity index (χ1) is 6.82. The Morgan fingerprint density at radius 2 is 2.00 bits per heavy atom. The number of hydrogen-bond acceptors (Lipinski definition) is 4. The molecule has 2 rings (SSSR count). The monoisotopic (exact) mass is 209 g/mol. The molecule has 2 bridgehead atoms. The van der Waals surface area contributed by atoms with Crippen LogP contribution in [-0.4, -0.2) is 11.7 Å². The maximum Gasteiger partial charge on any atom is 0.0485 e. The van der Waals surface area contributed by atoms with E-state index in [1.54, 1.807) is 0 Å². The number of nitrogens with two attached hydrogens (primary N) is 1. The van der Waals surface area contributed by atoms with Crippen LogP contribution in [0.15, 0.2) is 5.10 Å². The number of carbonyl (C=O) groups excluding carboxylic acids is 1. The van der Waals surface area contributed by atoms with Crippen molar-refractivity contribution in [3.05, 3.63) is 0 Å². The van der Waals surface area contributed by atoms with Gasteiger partial charge in [0.1, 0.15) is 0 Å². The van der Waals surface area contributed by atoms with Crippen molar-refractivity contribution >= 4 is 11.7 Å². The van der Waals surface area contributed by atoms with Crippen molar-refractivity contribution in [2.45, 2.75) is 40.0 Å². The quantitative estimate of drug-likeness (QED) is 0.497. The molecule has 2 saturated carbocycles. The molecule has 0 unspecified atom stereocenters. The molecule has 2 fully saturated rings. The molecule has 0 aromatic rings. The molecular weight excluding hydrogens is 192 g/mol. The average Bonchev–Trinajstić information content (AvgIpc) is 2.46. The standard InChI is InChI=1S/C11H18N2O2/c1-9(2)10(3)4-5-11(9,8(14)15)6-7(10)13-12/h4-6,12H2,1-3H3,(H,14,15)/p-1/b13-7+/t10-,11-/m0/s1. The number of fused-ring (bicyclic) bond motifs is 2. The predicted molar refractivity (Wildman–Crippen MR) is 54.8 cm³/mol. The summed E-state index contributed by atoms with van der Waals surface area (Å²) in [4.78, 5) is 11.4. The number of hydrogen-bond donors (Lipinski definition) is 1. The van der Waals surface area contributed by atoms with Gasteiger partial charge >= 0.3 is 0 Å². The van der Waals surface area contributed by atoms with Crippen LogP contribution in [0.2, 0.25) is 0 Å². The molecule has 0 radical (unpaired) electrons. The van der Waals surface area contributed by atoms with Gasteiger partial charge < -0.3 is 15.7 Å².